The number of ether oxygens (including phenoxy) is 1. The van der Waals surface area contributed by atoms with E-state index in [4.69, 9.17) is 4.74 Å². The molecule has 2 aromatic rings. The molecule has 22 heavy (non-hydrogen) atoms. The van der Waals surface area contributed by atoms with E-state index in [0.29, 0.717) is 6.61 Å². The van der Waals surface area contributed by atoms with Gasteiger partial charge in [-0.05, 0) is 31.4 Å². The van der Waals surface area contributed by atoms with E-state index in [2.05, 4.69) is 58.0 Å². The molecule has 1 heterocycles. The lowest BCUT2D eigenvalue weighted by atomic mass is 10.1. The fraction of sp³-hybridized carbons (Fsp3) is 0.471. The number of hydrogen-bond donors (Lipinski definition) is 3. The van der Waals surface area contributed by atoms with Crippen LogP contribution in [0.15, 0.2) is 35.5 Å². The Balaban J connectivity index is 1.82. The lowest BCUT2D eigenvalue weighted by molar-refractivity contribution is 0.203. The first-order chi connectivity index (χ1) is 10.8. The number of aliphatic imine (C=N–C) groups is 1. The van der Waals surface area contributed by atoms with Crippen molar-refractivity contribution in [2.45, 2.75) is 19.8 Å². The molecule has 0 atom stereocenters. The highest BCUT2D eigenvalue weighted by Gasteiger charge is 2.02. The zero-order valence-corrected chi connectivity index (χ0v) is 13.5. The number of hydrogen-bond acceptors (Lipinski definition) is 2. The lowest BCUT2D eigenvalue weighted by Gasteiger charge is -2.10. The number of methoxy groups -OCH3 is 1. The summed E-state index contributed by atoms with van der Waals surface area (Å²) in [5, 5.41) is 7.81. The van der Waals surface area contributed by atoms with E-state index in [9.17, 15) is 0 Å². The molecule has 2 rings (SSSR count). The molecule has 0 amide bonds. The Hall–Kier alpha value is -2.01. The molecule has 0 aliphatic carbocycles. The zero-order chi connectivity index (χ0) is 15.6. The van der Waals surface area contributed by atoms with Crippen LogP contribution in [-0.2, 0) is 11.2 Å². The summed E-state index contributed by atoms with van der Waals surface area (Å²) in [5.41, 5.74) is 2.57. The average Bonchev–Trinajstić information content (AvgIpc) is 2.95. The van der Waals surface area contributed by atoms with Gasteiger partial charge in [0.1, 0.15) is 0 Å². The topological polar surface area (TPSA) is 61.4 Å². The van der Waals surface area contributed by atoms with Crippen LogP contribution in [0.5, 0.6) is 0 Å². The van der Waals surface area contributed by atoms with Crippen molar-refractivity contribution in [2.24, 2.45) is 4.99 Å². The average molecular weight is 302 g/mol. The van der Waals surface area contributed by atoms with Crippen molar-refractivity contribution in [1.82, 2.24) is 15.6 Å². The molecule has 0 unspecified atom stereocenters. The summed E-state index contributed by atoms with van der Waals surface area (Å²) in [6.07, 6.45) is 4.17. The molecule has 0 spiro atoms. The van der Waals surface area contributed by atoms with Gasteiger partial charge in [0.15, 0.2) is 5.96 Å². The minimum absolute atomic E-state index is 0.680. The second kappa shape index (κ2) is 9.10. The second-order valence-corrected chi connectivity index (χ2v) is 5.14. The summed E-state index contributed by atoms with van der Waals surface area (Å²) < 4.78 is 5.04. The third kappa shape index (κ3) is 4.77. The number of nitrogens with one attached hydrogen (secondary N) is 3. The van der Waals surface area contributed by atoms with Crippen LogP contribution in [0.4, 0.5) is 0 Å². The molecule has 0 bridgehead atoms. The third-order valence-electron chi connectivity index (χ3n) is 3.49. The molecule has 0 radical (unpaired) electrons. The molecule has 0 aliphatic heterocycles. The van der Waals surface area contributed by atoms with Crippen LogP contribution < -0.4 is 10.6 Å². The predicted octanol–water partition coefficient (Wildman–Crippen LogP) is 2.30. The van der Waals surface area contributed by atoms with Gasteiger partial charge in [-0.25, -0.2) is 0 Å². The Morgan fingerprint density at radius 1 is 1.27 bits per heavy atom. The molecule has 5 heteroatoms. The molecule has 0 aliphatic rings. The molecule has 3 N–H and O–H groups in total. The summed E-state index contributed by atoms with van der Waals surface area (Å²) in [6.45, 7) is 5.19. The van der Waals surface area contributed by atoms with Crippen LogP contribution in [0.25, 0.3) is 10.9 Å². The number of benzene rings is 1. The Labute approximate surface area is 132 Å². The molecule has 5 nitrogen and oxygen atoms in total. The van der Waals surface area contributed by atoms with Crippen LogP contribution in [-0.4, -0.2) is 44.3 Å². The summed E-state index contributed by atoms with van der Waals surface area (Å²) in [5.74, 6) is 0.860. The Bertz CT molecular complexity index is 591. The number of rotatable bonds is 8. The van der Waals surface area contributed by atoms with Crippen molar-refractivity contribution in [3.05, 3.63) is 36.0 Å². The van der Waals surface area contributed by atoms with Crippen LogP contribution in [0.2, 0.25) is 0 Å². The number of guanidine groups is 1. The van der Waals surface area contributed by atoms with Gasteiger partial charge in [0.25, 0.3) is 0 Å². The van der Waals surface area contributed by atoms with E-state index in [1.54, 1.807) is 7.11 Å². The zero-order valence-electron chi connectivity index (χ0n) is 13.5. The minimum Gasteiger partial charge on any atom is -0.383 e. The van der Waals surface area contributed by atoms with Gasteiger partial charge in [-0.15, -0.1) is 0 Å². The van der Waals surface area contributed by atoms with Crippen molar-refractivity contribution in [1.29, 1.82) is 0 Å². The van der Waals surface area contributed by atoms with Crippen molar-refractivity contribution in [3.8, 4) is 0 Å². The third-order valence-corrected chi connectivity index (χ3v) is 3.49. The van der Waals surface area contributed by atoms with Gasteiger partial charge in [-0.3, -0.25) is 4.99 Å². The summed E-state index contributed by atoms with van der Waals surface area (Å²) in [4.78, 5) is 7.91. The van der Waals surface area contributed by atoms with Crippen LogP contribution in [0, 0.1) is 0 Å². The van der Waals surface area contributed by atoms with E-state index < -0.39 is 0 Å². The maximum absolute atomic E-state index is 5.04. The van der Waals surface area contributed by atoms with Gasteiger partial charge in [0.05, 0.1) is 6.61 Å². The highest BCUT2D eigenvalue weighted by atomic mass is 16.5. The smallest absolute Gasteiger partial charge is 0.191 e. The van der Waals surface area contributed by atoms with Gasteiger partial charge in [-0.2, -0.15) is 0 Å². The number of nitrogens with zero attached hydrogens (tertiary/aromatic N) is 1. The minimum atomic E-state index is 0.680. The number of fused-ring (bicyclic) bond motifs is 1. The van der Waals surface area contributed by atoms with Gasteiger partial charge in [0, 0.05) is 43.8 Å². The second-order valence-electron chi connectivity index (χ2n) is 5.14. The summed E-state index contributed by atoms with van der Waals surface area (Å²) in [6, 6.07) is 8.42. The van der Waals surface area contributed by atoms with Crippen molar-refractivity contribution in [3.63, 3.8) is 0 Å². The van der Waals surface area contributed by atoms with Crippen molar-refractivity contribution >= 4 is 16.9 Å². The number of aromatic amines is 1. The van der Waals surface area contributed by atoms with Crippen molar-refractivity contribution in [2.75, 3.05) is 33.4 Å². The molecule has 1 aromatic heterocycles. The highest BCUT2D eigenvalue weighted by Crippen LogP contribution is 2.18. The van der Waals surface area contributed by atoms with Gasteiger partial charge in [-0.1, -0.05) is 18.2 Å². The fourth-order valence-electron chi connectivity index (χ4n) is 2.41. The first kappa shape index (κ1) is 16.4. The SMILES string of the molecule is CCNC(=NCCCc1c[nH]c2ccccc12)NCCOC. The molecule has 0 fully saturated rings. The van der Waals surface area contributed by atoms with Crippen LogP contribution in [0.3, 0.4) is 0 Å². The Kier molecular flexibility index (Phi) is 6.77. The molecule has 0 saturated heterocycles. The van der Waals surface area contributed by atoms with Gasteiger partial charge in [0.2, 0.25) is 0 Å². The standard InChI is InChI=1S/C17H26N4O/c1-3-18-17(20-11-12-22-2)19-10-6-7-14-13-21-16-9-5-4-8-15(14)16/h4-5,8-9,13,21H,3,6-7,10-12H2,1-2H3,(H2,18,19,20). The Morgan fingerprint density at radius 3 is 2.95 bits per heavy atom. The normalized spacial score (nSPS) is 11.8. The summed E-state index contributed by atoms with van der Waals surface area (Å²) >= 11 is 0. The first-order valence-electron chi connectivity index (χ1n) is 7.91. The Morgan fingerprint density at radius 2 is 2.14 bits per heavy atom. The molecular formula is C17H26N4O. The highest BCUT2D eigenvalue weighted by molar-refractivity contribution is 5.83. The number of para-hydroxylation sites is 1. The van der Waals surface area contributed by atoms with Crippen LogP contribution >= 0.6 is 0 Å². The fourth-order valence-corrected chi connectivity index (χ4v) is 2.41. The molecule has 1 aromatic carbocycles. The predicted molar refractivity (Wildman–Crippen MR) is 92.5 cm³/mol. The van der Waals surface area contributed by atoms with E-state index >= 15 is 0 Å². The van der Waals surface area contributed by atoms with E-state index in [0.717, 1.165) is 38.4 Å². The molecule has 120 valence electrons. The number of H-pyrrole nitrogens is 1. The molecule has 0 saturated carbocycles. The monoisotopic (exact) mass is 302 g/mol. The maximum Gasteiger partial charge on any atom is 0.191 e. The van der Waals surface area contributed by atoms with E-state index in [1.807, 2.05) is 0 Å². The number of aryl methyl sites for hydroxylation is 1. The van der Waals surface area contributed by atoms with Gasteiger partial charge >= 0.3 is 0 Å². The summed E-state index contributed by atoms with van der Waals surface area (Å²) in [7, 11) is 1.70. The first-order valence-corrected chi connectivity index (χ1v) is 7.91. The van der Waals surface area contributed by atoms with Crippen molar-refractivity contribution < 1.29 is 4.74 Å². The van der Waals surface area contributed by atoms with E-state index in [-0.39, 0.29) is 0 Å². The quantitative estimate of drug-likeness (QED) is 0.398. The largest absolute Gasteiger partial charge is 0.383 e. The maximum atomic E-state index is 5.04. The molecular weight excluding hydrogens is 276 g/mol. The van der Waals surface area contributed by atoms with Gasteiger partial charge < -0.3 is 20.4 Å². The number of aromatic nitrogens is 1. The van der Waals surface area contributed by atoms with E-state index in [1.165, 1.54) is 16.5 Å². The lowest BCUT2D eigenvalue weighted by Crippen LogP contribution is -2.39. The van der Waals surface area contributed by atoms with Crippen LogP contribution in [0.1, 0.15) is 18.9 Å².